The Morgan fingerprint density at radius 1 is 0.905 bits per heavy atom. The van der Waals surface area contributed by atoms with Gasteiger partial charge >= 0.3 is 119 Å². The number of halogens is 6. The van der Waals surface area contributed by atoms with Crippen LogP contribution in [-0.2, 0) is 0 Å². The van der Waals surface area contributed by atoms with Gasteiger partial charge in [0.25, 0.3) is 0 Å². The summed E-state index contributed by atoms with van der Waals surface area (Å²) in [6.45, 7) is 0. The van der Waals surface area contributed by atoms with Crippen molar-refractivity contribution in [2.45, 2.75) is 15.8 Å². The Bertz CT molecular complexity index is 650. The van der Waals surface area contributed by atoms with Crippen LogP contribution in [0.1, 0.15) is 0 Å². The molecule has 1 aromatic heterocycles. The van der Waals surface area contributed by atoms with Crippen LogP contribution in [0.25, 0.3) is 11.0 Å². The summed E-state index contributed by atoms with van der Waals surface area (Å²) in [6, 6.07) is 8.17. The topological polar surface area (TPSA) is 30.7 Å². The molecule has 0 N–H and O–H groups in total. The summed E-state index contributed by atoms with van der Waals surface area (Å²) < 4.78 is 70.8. The molecular weight excluding hydrogens is 545 g/mol. The number of aromatic nitrogens is 3. The number of rotatable bonds is 1. The Morgan fingerprint density at radius 3 is 1.76 bits per heavy atom. The average Bonchev–Trinajstić information content (AvgIpc) is 2.53. The third kappa shape index (κ3) is 8.03. The number of hydrogen-bond donors (Lipinski definition) is 0. The molecule has 11 heteroatoms. The number of fused-ring (bicyclic) bond motifs is 1. The second-order valence-electron chi connectivity index (χ2n) is 6.84. The number of nitrogens with zero attached hydrogens (tertiary/aromatic N) is 3. The summed E-state index contributed by atoms with van der Waals surface area (Å²) in [7, 11) is -10.7. The monoisotopic (exact) mass is 561 g/mol. The molecular formula is C10H16F6N3PU-. The SMILES string of the molecule is F[P-](F)(F)(F)(F)F.[CH3][U]([CH3])([CH3])([CH3])[n]1nnc2ccccc21. The van der Waals surface area contributed by atoms with Crippen molar-refractivity contribution >= 4 is 18.8 Å². The fourth-order valence-electron chi connectivity index (χ4n) is 1.53. The van der Waals surface area contributed by atoms with E-state index in [1.165, 1.54) is 5.52 Å². The van der Waals surface area contributed by atoms with Crippen LogP contribution in [0.2, 0.25) is 15.8 Å². The van der Waals surface area contributed by atoms with Crippen molar-refractivity contribution in [1.29, 1.82) is 0 Å². The predicted molar refractivity (Wildman–Crippen MR) is 70.0 cm³/mol. The van der Waals surface area contributed by atoms with Gasteiger partial charge in [0.1, 0.15) is 0 Å². The molecule has 0 amide bonds. The quantitative estimate of drug-likeness (QED) is 0.296. The second kappa shape index (κ2) is 4.36. The molecule has 2 aromatic rings. The Hall–Kier alpha value is -0.318. The third-order valence-corrected chi connectivity index (χ3v) is 10.6. The van der Waals surface area contributed by atoms with Gasteiger partial charge in [-0.3, -0.25) is 0 Å². The molecule has 0 saturated heterocycles. The summed E-state index contributed by atoms with van der Waals surface area (Å²) in [5, 5.41) is 8.50. The molecule has 1 aromatic carbocycles. The van der Waals surface area contributed by atoms with E-state index in [0.717, 1.165) is 5.52 Å². The minimum atomic E-state index is -10.7. The van der Waals surface area contributed by atoms with Crippen LogP contribution >= 0.6 is 7.81 Å². The van der Waals surface area contributed by atoms with Crippen LogP contribution in [0.15, 0.2) is 24.3 Å². The van der Waals surface area contributed by atoms with E-state index in [2.05, 4.69) is 34.2 Å². The molecule has 0 aliphatic heterocycles. The fraction of sp³-hybridized carbons (Fsp3) is 0.400. The summed E-state index contributed by atoms with van der Waals surface area (Å²) in [6.07, 6.45) is 0. The van der Waals surface area contributed by atoms with Crippen molar-refractivity contribution in [1.82, 2.24) is 12.3 Å². The van der Waals surface area contributed by atoms with Gasteiger partial charge in [0, 0.05) is 0 Å². The molecule has 0 unspecified atom stereocenters. The predicted octanol–water partition coefficient (Wildman–Crippen LogP) is 6.46. The van der Waals surface area contributed by atoms with Gasteiger partial charge in [0.15, 0.2) is 0 Å². The Morgan fingerprint density at radius 2 is 1.33 bits per heavy atom. The molecule has 0 saturated carbocycles. The van der Waals surface area contributed by atoms with Gasteiger partial charge in [-0.15, -0.1) is 0 Å². The van der Waals surface area contributed by atoms with Crippen LogP contribution in [0.4, 0.5) is 25.2 Å². The van der Waals surface area contributed by atoms with E-state index in [1.54, 1.807) is 0 Å². The van der Waals surface area contributed by atoms with E-state index < -0.39 is 30.8 Å². The fourth-order valence-corrected chi connectivity index (χ4v) is 8.00. The van der Waals surface area contributed by atoms with Crippen molar-refractivity contribution in [3.05, 3.63) is 24.3 Å². The van der Waals surface area contributed by atoms with Gasteiger partial charge in [-0.2, -0.15) is 0 Å². The third-order valence-electron chi connectivity index (χ3n) is 2.20. The van der Waals surface area contributed by atoms with E-state index in [9.17, 15) is 25.2 Å². The molecule has 0 aliphatic rings. The Kier molecular flexibility index (Phi) is 3.89. The maximum absolute atomic E-state index is 10.7. The zero-order valence-electron chi connectivity index (χ0n) is 11.9. The van der Waals surface area contributed by atoms with Gasteiger partial charge in [-0.05, 0) is 0 Å². The van der Waals surface area contributed by atoms with Crippen LogP contribution in [-0.4, -0.2) is 12.3 Å². The molecule has 2 rings (SSSR count). The normalized spacial score (nSPS) is 17.9. The maximum atomic E-state index is 9.87. The van der Waals surface area contributed by atoms with Crippen molar-refractivity contribution in [3.8, 4) is 0 Å². The van der Waals surface area contributed by atoms with Crippen molar-refractivity contribution in [2.24, 2.45) is 0 Å². The van der Waals surface area contributed by atoms with Gasteiger partial charge in [-0.25, -0.2) is 0 Å². The zero-order chi connectivity index (χ0) is 16.8. The van der Waals surface area contributed by atoms with Gasteiger partial charge in [0.2, 0.25) is 0 Å². The first-order chi connectivity index (χ1) is 8.80. The number of para-hydroxylation sites is 1. The molecule has 0 radical (unpaired) electrons. The van der Waals surface area contributed by atoms with Crippen LogP contribution < -0.4 is 0 Å². The van der Waals surface area contributed by atoms with Crippen LogP contribution in [0.5, 0.6) is 0 Å². The first-order valence-corrected chi connectivity index (χ1v) is 26.5. The second-order valence-corrected chi connectivity index (χ2v) is 43.0. The first kappa shape index (κ1) is 18.7. The summed E-state index contributed by atoms with van der Waals surface area (Å²) in [5.74, 6) is 0. The molecule has 0 spiro atoms. The van der Waals surface area contributed by atoms with Gasteiger partial charge in [-0.1, -0.05) is 0 Å². The van der Waals surface area contributed by atoms with Gasteiger partial charge in [0.05, 0.1) is 0 Å². The molecule has 0 atom stereocenters. The average molecular weight is 561 g/mol. The van der Waals surface area contributed by atoms with E-state index in [1.807, 2.05) is 18.2 Å². The molecule has 1 heterocycles. The van der Waals surface area contributed by atoms with Crippen LogP contribution in [0, 0.1) is 23.0 Å². The number of benzene rings is 1. The van der Waals surface area contributed by atoms with Crippen LogP contribution in [0.3, 0.4) is 0 Å². The standard InChI is InChI=1S/C6H4N3.4CH3.F6P.U/c1-2-4-6-5(3-1)7-9-8-6;;;;;1-7(2,3,4,5)6;/h1-4H;4*1H3;;/q-1;;;;;-1;+1. The van der Waals surface area contributed by atoms with Crippen molar-refractivity contribution in [3.63, 3.8) is 0 Å². The minimum absolute atomic E-state index is 1.00. The van der Waals surface area contributed by atoms with E-state index in [-0.39, 0.29) is 0 Å². The summed E-state index contributed by atoms with van der Waals surface area (Å²) >= 11 is -2.92. The summed E-state index contributed by atoms with van der Waals surface area (Å²) in [4.78, 5) is 0. The molecule has 123 valence electrons. The molecule has 3 nitrogen and oxygen atoms in total. The van der Waals surface area contributed by atoms with Crippen molar-refractivity contribution in [2.75, 3.05) is 0 Å². The Labute approximate surface area is 119 Å². The first-order valence-electron chi connectivity index (χ1n) is 5.91. The Balaban J connectivity index is 0.000000270. The van der Waals surface area contributed by atoms with E-state index in [0.29, 0.717) is 0 Å². The summed E-state index contributed by atoms with van der Waals surface area (Å²) in [5.41, 5.74) is 2.19. The molecule has 0 bridgehead atoms. The molecule has 0 fully saturated rings. The zero-order valence-corrected chi connectivity index (χ0v) is 16.9. The molecule has 21 heavy (non-hydrogen) atoms. The number of hydrogen-bond acceptors (Lipinski definition) is 2. The van der Waals surface area contributed by atoms with E-state index in [4.69, 9.17) is 0 Å². The molecule has 0 aliphatic carbocycles. The van der Waals surface area contributed by atoms with Gasteiger partial charge < -0.3 is 0 Å². The van der Waals surface area contributed by atoms with Crippen molar-refractivity contribution < 1.29 is 48.2 Å². The van der Waals surface area contributed by atoms with E-state index >= 15 is 0 Å².